The Hall–Kier alpha value is -3.92. The minimum atomic E-state index is -4.03. The van der Waals surface area contributed by atoms with Crippen molar-refractivity contribution in [1.82, 2.24) is 4.90 Å². The van der Waals surface area contributed by atoms with Gasteiger partial charge in [-0.2, -0.15) is 0 Å². The maximum atomic E-state index is 13.7. The highest BCUT2D eigenvalue weighted by Crippen LogP contribution is 2.34. The first-order valence-corrected chi connectivity index (χ1v) is 13.3. The monoisotopic (exact) mass is 525 g/mol. The van der Waals surface area contributed by atoms with Crippen LogP contribution in [0.4, 0.5) is 11.4 Å². The highest BCUT2D eigenvalue weighted by atomic mass is 32.2. The third-order valence-electron chi connectivity index (χ3n) is 6.32. The van der Waals surface area contributed by atoms with Crippen molar-refractivity contribution in [2.24, 2.45) is 0 Å². The van der Waals surface area contributed by atoms with Crippen molar-refractivity contribution in [3.8, 4) is 17.2 Å². The normalized spacial score (nSPS) is 13.7. The van der Waals surface area contributed by atoms with E-state index < -0.39 is 10.0 Å². The zero-order chi connectivity index (χ0) is 26.4. The maximum absolute atomic E-state index is 13.7. The van der Waals surface area contributed by atoms with Crippen molar-refractivity contribution >= 4 is 27.3 Å². The fourth-order valence-electron chi connectivity index (χ4n) is 4.33. The molecule has 1 saturated heterocycles. The van der Waals surface area contributed by atoms with Crippen LogP contribution in [0, 0.1) is 0 Å². The first kappa shape index (κ1) is 26.2. The van der Waals surface area contributed by atoms with E-state index in [0.29, 0.717) is 43.4 Å². The van der Waals surface area contributed by atoms with E-state index >= 15 is 0 Å². The standard InChI is InChI=1S/C27H31N3O6S/c1-34-24-12-8-7-11-23(24)28-15-17-29(18-16-28)27(31)20-30(37(32,33)22-9-5-4-6-10-22)21-13-14-25(35-2)26(19-21)36-3/h4-14,19H,15-18,20H2,1-3H3. The molecule has 0 radical (unpaired) electrons. The fourth-order valence-corrected chi connectivity index (χ4v) is 5.75. The lowest BCUT2D eigenvalue weighted by molar-refractivity contribution is -0.129. The van der Waals surface area contributed by atoms with Crippen LogP contribution in [-0.4, -0.2) is 73.3 Å². The molecule has 3 aromatic carbocycles. The average molecular weight is 526 g/mol. The quantitative estimate of drug-likeness (QED) is 0.424. The van der Waals surface area contributed by atoms with E-state index in [1.54, 1.807) is 48.4 Å². The van der Waals surface area contributed by atoms with E-state index in [4.69, 9.17) is 14.2 Å². The van der Waals surface area contributed by atoms with E-state index in [1.807, 2.05) is 24.3 Å². The summed E-state index contributed by atoms with van der Waals surface area (Å²) in [7, 11) is 0.581. The smallest absolute Gasteiger partial charge is 0.264 e. The number of amides is 1. The van der Waals surface area contributed by atoms with Crippen LogP contribution in [0.25, 0.3) is 0 Å². The summed E-state index contributed by atoms with van der Waals surface area (Å²) < 4.78 is 44.6. The van der Waals surface area contributed by atoms with E-state index in [9.17, 15) is 13.2 Å². The molecule has 0 saturated carbocycles. The van der Waals surface area contributed by atoms with Gasteiger partial charge in [0.1, 0.15) is 12.3 Å². The Kier molecular flexibility index (Phi) is 8.08. The Bertz CT molecular complexity index is 1320. The lowest BCUT2D eigenvalue weighted by Crippen LogP contribution is -2.52. The number of nitrogens with zero attached hydrogens (tertiary/aromatic N) is 3. The third kappa shape index (κ3) is 5.59. The third-order valence-corrected chi connectivity index (χ3v) is 8.11. The summed E-state index contributed by atoms with van der Waals surface area (Å²) in [4.78, 5) is 17.4. The Labute approximate surface area is 217 Å². The zero-order valence-corrected chi connectivity index (χ0v) is 22.0. The van der Waals surface area contributed by atoms with Crippen LogP contribution in [0.1, 0.15) is 0 Å². The highest BCUT2D eigenvalue weighted by molar-refractivity contribution is 7.92. The van der Waals surface area contributed by atoms with Crippen molar-refractivity contribution < 1.29 is 27.4 Å². The van der Waals surface area contributed by atoms with Crippen LogP contribution in [0.15, 0.2) is 77.7 Å². The zero-order valence-electron chi connectivity index (χ0n) is 21.2. The number of hydrogen-bond acceptors (Lipinski definition) is 7. The molecule has 1 heterocycles. The van der Waals surface area contributed by atoms with Gasteiger partial charge in [-0.15, -0.1) is 0 Å². The highest BCUT2D eigenvalue weighted by Gasteiger charge is 2.31. The second kappa shape index (κ2) is 11.4. The number of carbonyl (C=O) groups is 1. The SMILES string of the molecule is COc1ccc(N(CC(=O)N2CCN(c3ccccc3OC)CC2)S(=O)(=O)c2ccccc2)cc1OC. The van der Waals surface area contributed by atoms with Gasteiger partial charge in [-0.25, -0.2) is 8.42 Å². The van der Waals surface area contributed by atoms with Crippen LogP contribution in [0.5, 0.6) is 17.2 Å². The number of hydrogen-bond donors (Lipinski definition) is 0. The predicted molar refractivity (Wildman–Crippen MR) is 142 cm³/mol. The fraction of sp³-hybridized carbons (Fsp3) is 0.296. The molecule has 0 bridgehead atoms. The van der Waals surface area contributed by atoms with Crippen molar-refractivity contribution in [1.29, 1.82) is 0 Å². The number of anilines is 2. The number of carbonyl (C=O) groups excluding carboxylic acids is 1. The molecule has 1 amide bonds. The molecule has 0 aromatic heterocycles. The van der Waals surface area contributed by atoms with Gasteiger partial charge in [0.2, 0.25) is 5.91 Å². The summed E-state index contributed by atoms with van der Waals surface area (Å²) in [6.45, 7) is 1.78. The minimum absolute atomic E-state index is 0.0959. The van der Waals surface area contributed by atoms with Crippen LogP contribution in [0.3, 0.4) is 0 Å². The molecular formula is C27H31N3O6S. The molecule has 1 aliphatic heterocycles. The summed E-state index contributed by atoms with van der Waals surface area (Å²) >= 11 is 0. The molecule has 1 fully saturated rings. The lowest BCUT2D eigenvalue weighted by Gasteiger charge is -2.37. The Morgan fingerprint density at radius 1 is 0.784 bits per heavy atom. The summed E-state index contributed by atoms with van der Waals surface area (Å²) in [6.07, 6.45) is 0. The molecule has 0 aliphatic carbocycles. The Morgan fingerprint density at radius 3 is 2.05 bits per heavy atom. The molecule has 196 valence electrons. The van der Waals surface area contributed by atoms with E-state index in [1.165, 1.54) is 26.4 Å². The molecule has 0 N–H and O–H groups in total. The van der Waals surface area contributed by atoms with Gasteiger partial charge in [-0.3, -0.25) is 9.10 Å². The van der Waals surface area contributed by atoms with Crippen molar-refractivity contribution in [2.45, 2.75) is 4.90 Å². The summed E-state index contributed by atoms with van der Waals surface area (Å²) in [5, 5.41) is 0. The number of benzene rings is 3. The van der Waals surface area contributed by atoms with Crippen LogP contribution in [-0.2, 0) is 14.8 Å². The van der Waals surface area contributed by atoms with E-state index in [0.717, 1.165) is 15.7 Å². The molecule has 3 aromatic rings. The molecular weight excluding hydrogens is 494 g/mol. The van der Waals surface area contributed by atoms with Crippen molar-refractivity contribution in [3.05, 3.63) is 72.8 Å². The first-order chi connectivity index (χ1) is 17.9. The van der Waals surface area contributed by atoms with Gasteiger partial charge in [-0.05, 0) is 36.4 Å². The minimum Gasteiger partial charge on any atom is -0.495 e. The second-order valence-corrected chi connectivity index (χ2v) is 10.3. The number of para-hydroxylation sites is 2. The summed E-state index contributed by atoms with van der Waals surface area (Å²) in [5.74, 6) is 1.32. The maximum Gasteiger partial charge on any atom is 0.264 e. The number of piperazine rings is 1. The number of ether oxygens (including phenoxy) is 3. The summed E-state index contributed by atoms with van der Waals surface area (Å²) in [6, 6.07) is 20.6. The molecule has 0 atom stereocenters. The topological polar surface area (TPSA) is 88.6 Å². The van der Waals surface area contributed by atoms with Gasteiger partial charge in [0.05, 0.1) is 37.6 Å². The van der Waals surface area contributed by atoms with E-state index in [-0.39, 0.29) is 17.3 Å². The first-order valence-electron chi connectivity index (χ1n) is 11.8. The molecule has 1 aliphatic rings. The molecule has 37 heavy (non-hydrogen) atoms. The van der Waals surface area contributed by atoms with Gasteiger partial charge < -0.3 is 24.0 Å². The molecule has 0 spiro atoms. The van der Waals surface area contributed by atoms with Gasteiger partial charge in [0.25, 0.3) is 10.0 Å². The molecule has 0 unspecified atom stereocenters. The van der Waals surface area contributed by atoms with Gasteiger partial charge in [-0.1, -0.05) is 30.3 Å². The van der Waals surface area contributed by atoms with Crippen LogP contribution >= 0.6 is 0 Å². The van der Waals surface area contributed by atoms with Crippen molar-refractivity contribution in [3.63, 3.8) is 0 Å². The largest absolute Gasteiger partial charge is 0.495 e. The molecule has 10 heteroatoms. The lowest BCUT2D eigenvalue weighted by atomic mass is 10.2. The van der Waals surface area contributed by atoms with Gasteiger partial charge in [0, 0.05) is 32.2 Å². The van der Waals surface area contributed by atoms with Crippen LogP contribution in [0.2, 0.25) is 0 Å². The average Bonchev–Trinajstić information content (AvgIpc) is 2.95. The molecule has 9 nitrogen and oxygen atoms in total. The second-order valence-electron chi connectivity index (χ2n) is 8.40. The van der Waals surface area contributed by atoms with Crippen LogP contribution < -0.4 is 23.4 Å². The number of rotatable bonds is 9. The van der Waals surface area contributed by atoms with Gasteiger partial charge >= 0.3 is 0 Å². The van der Waals surface area contributed by atoms with Crippen molar-refractivity contribution in [2.75, 3.05) is 63.3 Å². The Balaban J connectivity index is 1.57. The summed E-state index contributed by atoms with van der Waals surface area (Å²) in [5.41, 5.74) is 1.28. The number of methoxy groups -OCH3 is 3. The van der Waals surface area contributed by atoms with E-state index in [2.05, 4.69) is 4.90 Å². The predicted octanol–water partition coefficient (Wildman–Crippen LogP) is 3.26. The number of sulfonamides is 1. The van der Waals surface area contributed by atoms with Gasteiger partial charge in [0.15, 0.2) is 11.5 Å². The Morgan fingerprint density at radius 2 is 1.41 bits per heavy atom. The molecule has 4 rings (SSSR count).